The summed E-state index contributed by atoms with van der Waals surface area (Å²) in [4.78, 5) is 4.48. The topological polar surface area (TPSA) is 90.0 Å². The lowest BCUT2D eigenvalue weighted by Crippen LogP contribution is -2.39. The van der Waals surface area contributed by atoms with E-state index >= 15 is 0 Å². The second-order valence-corrected chi connectivity index (χ2v) is 6.58. The van der Waals surface area contributed by atoms with E-state index in [4.69, 9.17) is 4.42 Å². The molecule has 0 aliphatic rings. The number of hydrogen-bond acceptors (Lipinski definition) is 4. The minimum Gasteiger partial charge on any atom is -0.508 e. The molecule has 1 aromatic carbocycles. The van der Waals surface area contributed by atoms with Crippen LogP contribution in [0.1, 0.15) is 37.4 Å². The third kappa shape index (κ3) is 7.80. The van der Waals surface area contributed by atoms with Gasteiger partial charge in [-0.3, -0.25) is 0 Å². The van der Waals surface area contributed by atoms with Crippen LogP contribution in [0.3, 0.4) is 0 Å². The van der Waals surface area contributed by atoms with E-state index in [2.05, 4.69) is 15.6 Å². The summed E-state index contributed by atoms with van der Waals surface area (Å²) in [5.74, 6) is 2.24. The lowest BCUT2D eigenvalue weighted by molar-refractivity contribution is 0.0428. The summed E-state index contributed by atoms with van der Waals surface area (Å²) >= 11 is 0. The molecule has 1 aromatic heterocycles. The van der Waals surface area contributed by atoms with Crippen LogP contribution in [-0.2, 0) is 12.0 Å². The summed E-state index contributed by atoms with van der Waals surface area (Å²) in [6.07, 6.45) is 1.85. The summed E-state index contributed by atoms with van der Waals surface area (Å²) < 4.78 is 5.52. The Morgan fingerprint density at radius 3 is 2.44 bits per heavy atom. The quantitative estimate of drug-likeness (QED) is 0.199. The number of furan rings is 1. The Hall–Kier alpha value is -1.74. The minimum absolute atomic E-state index is 0. The number of aliphatic hydroxyl groups is 1. The molecule has 0 saturated carbocycles. The van der Waals surface area contributed by atoms with Crippen molar-refractivity contribution < 1.29 is 14.6 Å². The Labute approximate surface area is 178 Å². The van der Waals surface area contributed by atoms with Crippen LogP contribution in [-0.4, -0.2) is 35.8 Å². The van der Waals surface area contributed by atoms with Crippen molar-refractivity contribution in [2.45, 2.75) is 39.2 Å². The first-order valence-electron chi connectivity index (χ1n) is 9.00. The molecule has 0 bridgehead atoms. The Morgan fingerprint density at radius 2 is 1.85 bits per heavy atom. The average molecular weight is 487 g/mol. The zero-order chi connectivity index (χ0) is 19.0. The van der Waals surface area contributed by atoms with Gasteiger partial charge in [-0.15, -0.1) is 24.0 Å². The number of aromatic hydroxyl groups is 1. The van der Waals surface area contributed by atoms with Crippen molar-refractivity contribution in [1.29, 1.82) is 0 Å². The Bertz CT molecular complexity index is 712. The van der Waals surface area contributed by atoms with Gasteiger partial charge in [0, 0.05) is 13.1 Å². The van der Waals surface area contributed by atoms with Crippen molar-refractivity contribution in [3.63, 3.8) is 0 Å². The van der Waals surface area contributed by atoms with Crippen LogP contribution >= 0.6 is 24.0 Å². The van der Waals surface area contributed by atoms with Crippen LogP contribution in [0.4, 0.5) is 0 Å². The van der Waals surface area contributed by atoms with Crippen molar-refractivity contribution in [1.82, 2.24) is 10.6 Å². The number of benzene rings is 1. The van der Waals surface area contributed by atoms with E-state index in [1.807, 2.05) is 32.0 Å². The van der Waals surface area contributed by atoms with Crippen LogP contribution in [0.2, 0.25) is 0 Å². The van der Waals surface area contributed by atoms with E-state index in [0.717, 1.165) is 31.7 Å². The molecule has 150 valence electrons. The van der Waals surface area contributed by atoms with Gasteiger partial charge in [-0.05, 0) is 63.4 Å². The number of aliphatic imine (C=N–C) groups is 1. The highest BCUT2D eigenvalue weighted by Gasteiger charge is 2.26. The van der Waals surface area contributed by atoms with E-state index in [1.54, 1.807) is 25.1 Å². The molecule has 1 atom stereocenters. The number of phenols is 1. The number of guanidine groups is 1. The third-order valence-corrected chi connectivity index (χ3v) is 4.03. The van der Waals surface area contributed by atoms with Crippen molar-refractivity contribution in [2.75, 3.05) is 19.6 Å². The molecular formula is C20H30IN3O3. The fourth-order valence-electron chi connectivity index (χ4n) is 2.54. The predicted octanol–water partition coefficient (Wildman–Crippen LogP) is 3.31. The van der Waals surface area contributed by atoms with Crippen LogP contribution < -0.4 is 10.6 Å². The third-order valence-electron chi connectivity index (χ3n) is 4.03. The van der Waals surface area contributed by atoms with Crippen molar-refractivity contribution in [2.24, 2.45) is 4.99 Å². The normalized spacial score (nSPS) is 13.6. The Kier molecular flexibility index (Phi) is 9.65. The van der Waals surface area contributed by atoms with Crippen LogP contribution in [0.5, 0.6) is 5.75 Å². The first-order valence-corrected chi connectivity index (χ1v) is 9.00. The van der Waals surface area contributed by atoms with Crippen LogP contribution in [0.15, 0.2) is 45.8 Å². The standard InChI is InChI=1S/C20H29N3O3.HI/c1-4-21-19(22-13-5-6-16-8-10-17(24)11-9-16)23-14-20(3,25)18-12-7-15(2)26-18;/h7-12,24-25H,4-6,13-14H2,1-3H3,(H2,21,22,23);1H. The van der Waals surface area contributed by atoms with Crippen molar-refractivity contribution in [3.05, 3.63) is 53.5 Å². The predicted molar refractivity (Wildman–Crippen MR) is 119 cm³/mol. The molecule has 7 heteroatoms. The van der Waals surface area contributed by atoms with Gasteiger partial charge in [0.15, 0.2) is 5.96 Å². The molecule has 0 aliphatic heterocycles. The van der Waals surface area contributed by atoms with E-state index in [0.29, 0.717) is 11.7 Å². The van der Waals surface area contributed by atoms with E-state index in [9.17, 15) is 10.2 Å². The molecule has 2 rings (SSSR count). The van der Waals surface area contributed by atoms with Gasteiger partial charge in [0.05, 0.1) is 6.54 Å². The highest BCUT2D eigenvalue weighted by Crippen LogP contribution is 2.23. The van der Waals surface area contributed by atoms with E-state index in [1.165, 1.54) is 5.56 Å². The van der Waals surface area contributed by atoms with Gasteiger partial charge in [0.2, 0.25) is 0 Å². The molecular weight excluding hydrogens is 457 g/mol. The second kappa shape index (κ2) is 11.2. The van der Waals surface area contributed by atoms with Crippen molar-refractivity contribution in [3.8, 4) is 5.75 Å². The van der Waals surface area contributed by atoms with Gasteiger partial charge in [-0.2, -0.15) is 0 Å². The molecule has 1 heterocycles. The highest BCUT2D eigenvalue weighted by atomic mass is 127. The lowest BCUT2D eigenvalue weighted by atomic mass is 10.0. The zero-order valence-electron chi connectivity index (χ0n) is 16.2. The van der Waals surface area contributed by atoms with Gasteiger partial charge < -0.3 is 25.3 Å². The summed E-state index contributed by atoms with van der Waals surface area (Å²) in [5.41, 5.74) is 0.0329. The largest absolute Gasteiger partial charge is 0.508 e. The summed E-state index contributed by atoms with van der Waals surface area (Å²) in [6, 6.07) is 10.9. The molecule has 0 fully saturated rings. The lowest BCUT2D eigenvalue weighted by Gasteiger charge is -2.19. The second-order valence-electron chi connectivity index (χ2n) is 6.58. The Balaban J connectivity index is 0.00000364. The Morgan fingerprint density at radius 1 is 1.15 bits per heavy atom. The molecule has 1 unspecified atom stereocenters. The fraction of sp³-hybridized carbons (Fsp3) is 0.450. The maximum atomic E-state index is 10.6. The van der Waals surface area contributed by atoms with E-state index in [-0.39, 0.29) is 36.3 Å². The minimum atomic E-state index is -1.15. The number of nitrogens with one attached hydrogen (secondary N) is 2. The number of halogens is 1. The maximum Gasteiger partial charge on any atom is 0.191 e. The number of rotatable bonds is 8. The first-order chi connectivity index (χ1) is 12.4. The molecule has 27 heavy (non-hydrogen) atoms. The maximum absolute atomic E-state index is 10.6. The highest BCUT2D eigenvalue weighted by molar-refractivity contribution is 14.0. The smallest absolute Gasteiger partial charge is 0.191 e. The number of phenolic OH excluding ortho intramolecular Hbond substituents is 1. The molecule has 0 saturated heterocycles. The van der Waals surface area contributed by atoms with Gasteiger partial charge in [-0.25, -0.2) is 4.99 Å². The molecule has 0 aliphatic carbocycles. The molecule has 0 spiro atoms. The monoisotopic (exact) mass is 487 g/mol. The van der Waals surface area contributed by atoms with E-state index < -0.39 is 5.60 Å². The zero-order valence-corrected chi connectivity index (χ0v) is 18.5. The molecule has 4 N–H and O–H groups in total. The average Bonchev–Trinajstić information content (AvgIpc) is 3.05. The number of nitrogens with zero attached hydrogens (tertiary/aromatic N) is 1. The molecule has 0 amide bonds. The summed E-state index contributed by atoms with van der Waals surface area (Å²) in [5, 5.41) is 26.3. The SMILES string of the molecule is CCNC(=NCC(C)(O)c1ccc(C)o1)NCCCc1ccc(O)cc1.I. The van der Waals surface area contributed by atoms with Crippen molar-refractivity contribution >= 4 is 29.9 Å². The molecule has 0 radical (unpaired) electrons. The first kappa shape index (κ1) is 23.3. The number of hydrogen-bond donors (Lipinski definition) is 4. The van der Waals surface area contributed by atoms with Gasteiger partial charge in [-0.1, -0.05) is 12.1 Å². The fourth-order valence-corrected chi connectivity index (χ4v) is 2.54. The molecule has 6 nitrogen and oxygen atoms in total. The summed E-state index contributed by atoms with van der Waals surface area (Å²) in [7, 11) is 0. The summed E-state index contributed by atoms with van der Waals surface area (Å²) in [6.45, 7) is 7.25. The van der Waals surface area contributed by atoms with Gasteiger partial charge in [0.1, 0.15) is 22.9 Å². The number of aryl methyl sites for hydroxylation is 2. The van der Waals surface area contributed by atoms with Crippen LogP contribution in [0.25, 0.3) is 0 Å². The van der Waals surface area contributed by atoms with Gasteiger partial charge >= 0.3 is 0 Å². The molecule has 2 aromatic rings. The van der Waals surface area contributed by atoms with Gasteiger partial charge in [0.25, 0.3) is 0 Å². The van der Waals surface area contributed by atoms with Crippen LogP contribution in [0, 0.1) is 6.92 Å².